The summed E-state index contributed by atoms with van der Waals surface area (Å²) in [6, 6.07) is 0. The molecule has 0 unspecified atom stereocenters. The molecule has 3 N–H and O–H groups in total. The standard InChI is InChI=1S/C12H24O5/c1-9(11(2,3)4)17-10(16)5-12(6-13,7-14)8-15/h9,13-15H,5-8H2,1-4H3/t9-/m1/s1. The lowest BCUT2D eigenvalue weighted by Gasteiger charge is -2.30. The van der Waals surface area contributed by atoms with E-state index in [1.54, 1.807) is 6.92 Å². The van der Waals surface area contributed by atoms with Gasteiger partial charge in [0.05, 0.1) is 31.7 Å². The first-order valence-corrected chi connectivity index (χ1v) is 5.73. The van der Waals surface area contributed by atoms with Crippen LogP contribution >= 0.6 is 0 Å². The van der Waals surface area contributed by atoms with Gasteiger partial charge in [-0.1, -0.05) is 20.8 Å². The van der Waals surface area contributed by atoms with Gasteiger partial charge in [0, 0.05) is 0 Å². The maximum atomic E-state index is 11.6. The third-order valence-corrected chi connectivity index (χ3v) is 3.05. The molecule has 0 spiro atoms. The van der Waals surface area contributed by atoms with Crippen molar-refractivity contribution in [3.8, 4) is 0 Å². The molecule has 102 valence electrons. The number of aliphatic hydroxyl groups is 3. The van der Waals surface area contributed by atoms with E-state index in [1.807, 2.05) is 20.8 Å². The number of hydrogen-bond acceptors (Lipinski definition) is 5. The number of hydrogen-bond donors (Lipinski definition) is 3. The van der Waals surface area contributed by atoms with E-state index >= 15 is 0 Å². The molecule has 1 atom stereocenters. The molecule has 17 heavy (non-hydrogen) atoms. The van der Waals surface area contributed by atoms with Crippen molar-refractivity contribution in [2.24, 2.45) is 10.8 Å². The largest absolute Gasteiger partial charge is 0.462 e. The van der Waals surface area contributed by atoms with Crippen molar-refractivity contribution in [1.29, 1.82) is 0 Å². The van der Waals surface area contributed by atoms with Crippen LogP contribution in [0.3, 0.4) is 0 Å². The highest BCUT2D eigenvalue weighted by molar-refractivity contribution is 5.70. The smallest absolute Gasteiger partial charge is 0.306 e. The summed E-state index contributed by atoms with van der Waals surface area (Å²) < 4.78 is 5.20. The van der Waals surface area contributed by atoms with Crippen molar-refractivity contribution < 1.29 is 24.9 Å². The molecule has 5 nitrogen and oxygen atoms in total. The monoisotopic (exact) mass is 248 g/mol. The molecule has 0 aromatic rings. The second-order valence-corrected chi connectivity index (χ2v) is 5.65. The van der Waals surface area contributed by atoms with Gasteiger partial charge in [-0.3, -0.25) is 4.79 Å². The van der Waals surface area contributed by atoms with Crippen LogP contribution in [-0.4, -0.2) is 47.2 Å². The van der Waals surface area contributed by atoms with Gasteiger partial charge in [0.25, 0.3) is 0 Å². The van der Waals surface area contributed by atoms with Crippen molar-refractivity contribution in [3.63, 3.8) is 0 Å². The Balaban J connectivity index is 4.45. The highest BCUT2D eigenvalue weighted by Gasteiger charge is 2.33. The van der Waals surface area contributed by atoms with Crippen molar-refractivity contribution >= 4 is 5.97 Å². The summed E-state index contributed by atoms with van der Waals surface area (Å²) >= 11 is 0. The van der Waals surface area contributed by atoms with Gasteiger partial charge < -0.3 is 20.1 Å². The molecule has 0 saturated heterocycles. The van der Waals surface area contributed by atoms with Gasteiger partial charge in [0.2, 0.25) is 0 Å². The fourth-order valence-corrected chi connectivity index (χ4v) is 1.04. The zero-order valence-corrected chi connectivity index (χ0v) is 11.1. The Morgan fingerprint density at radius 2 is 1.53 bits per heavy atom. The van der Waals surface area contributed by atoms with E-state index in [4.69, 9.17) is 20.1 Å². The SMILES string of the molecule is C[C@@H](OC(=O)CC(CO)(CO)CO)C(C)(C)C. The number of aliphatic hydroxyl groups excluding tert-OH is 3. The normalized spacial score (nSPS) is 14.5. The van der Waals surface area contributed by atoms with Crippen LogP contribution in [-0.2, 0) is 9.53 Å². The number of ether oxygens (including phenoxy) is 1. The molecular formula is C12H24O5. The van der Waals surface area contributed by atoms with Crippen LogP contribution in [0.1, 0.15) is 34.1 Å². The lowest BCUT2D eigenvalue weighted by Crippen LogP contribution is -2.38. The minimum absolute atomic E-state index is 0.171. The Bertz CT molecular complexity index is 232. The molecule has 0 aromatic heterocycles. The summed E-state index contributed by atoms with van der Waals surface area (Å²) in [7, 11) is 0. The third-order valence-electron chi connectivity index (χ3n) is 3.05. The van der Waals surface area contributed by atoms with Gasteiger partial charge >= 0.3 is 5.97 Å². The van der Waals surface area contributed by atoms with Gasteiger partial charge in [0.1, 0.15) is 6.10 Å². The average Bonchev–Trinajstić information content (AvgIpc) is 2.24. The molecule has 0 fully saturated rings. The fourth-order valence-electron chi connectivity index (χ4n) is 1.04. The Hall–Kier alpha value is -0.650. The quantitative estimate of drug-likeness (QED) is 0.589. The van der Waals surface area contributed by atoms with Crippen LogP contribution in [0.15, 0.2) is 0 Å². The van der Waals surface area contributed by atoms with E-state index in [0.29, 0.717) is 0 Å². The van der Waals surface area contributed by atoms with Gasteiger partial charge in [-0.15, -0.1) is 0 Å². The lowest BCUT2D eigenvalue weighted by atomic mass is 9.87. The summed E-state index contributed by atoms with van der Waals surface area (Å²) in [5.41, 5.74) is -1.37. The van der Waals surface area contributed by atoms with Crippen molar-refractivity contribution in [2.75, 3.05) is 19.8 Å². The van der Waals surface area contributed by atoms with Gasteiger partial charge in [0.15, 0.2) is 0 Å². The van der Waals surface area contributed by atoms with Crippen LogP contribution in [0.5, 0.6) is 0 Å². The second-order valence-electron chi connectivity index (χ2n) is 5.65. The van der Waals surface area contributed by atoms with Crippen molar-refractivity contribution in [3.05, 3.63) is 0 Å². The van der Waals surface area contributed by atoms with E-state index < -0.39 is 31.2 Å². The van der Waals surface area contributed by atoms with Crippen molar-refractivity contribution in [1.82, 2.24) is 0 Å². The van der Waals surface area contributed by atoms with Crippen LogP contribution in [0, 0.1) is 10.8 Å². The molecule has 0 aliphatic heterocycles. The maximum absolute atomic E-state index is 11.6. The van der Waals surface area contributed by atoms with E-state index in [1.165, 1.54) is 0 Å². The molecule has 0 aromatic carbocycles. The molecule has 0 amide bonds. The molecule has 0 rings (SSSR count). The van der Waals surface area contributed by atoms with Gasteiger partial charge in [-0.05, 0) is 12.3 Å². The number of esters is 1. The lowest BCUT2D eigenvalue weighted by molar-refractivity contribution is -0.159. The molecule has 0 saturated carbocycles. The summed E-state index contributed by atoms with van der Waals surface area (Å²) in [5, 5.41) is 27.3. The molecule has 0 heterocycles. The molecular weight excluding hydrogens is 224 g/mol. The van der Waals surface area contributed by atoms with Crippen LogP contribution in [0.2, 0.25) is 0 Å². The first kappa shape index (κ1) is 16.4. The Labute approximate surface area is 102 Å². The van der Waals surface area contributed by atoms with Gasteiger partial charge in [-0.25, -0.2) is 0 Å². The summed E-state index contributed by atoms with van der Waals surface area (Å²) in [4.78, 5) is 11.6. The Morgan fingerprint density at radius 1 is 1.12 bits per heavy atom. The minimum atomic E-state index is -1.20. The third kappa shape index (κ3) is 5.02. The van der Waals surface area contributed by atoms with Crippen molar-refractivity contribution in [2.45, 2.75) is 40.2 Å². The maximum Gasteiger partial charge on any atom is 0.306 e. The van der Waals surface area contributed by atoms with Gasteiger partial charge in [-0.2, -0.15) is 0 Å². The highest BCUT2D eigenvalue weighted by Crippen LogP contribution is 2.25. The zero-order valence-electron chi connectivity index (χ0n) is 11.1. The summed E-state index contributed by atoms with van der Waals surface area (Å²) in [6.45, 7) is 6.25. The molecule has 0 aliphatic carbocycles. The number of rotatable bonds is 6. The predicted molar refractivity (Wildman–Crippen MR) is 63.3 cm³/mol. The average molecular weight is 248 g/mol. The number of carbonyl (C=O) groups is 1. The van der Waals surface area contributed by atoms with E-state index in [-0.39, 0.29) is 17.9 Å². The molecule has 0 radical (unpaired) electrons. The Kier molecular flexibility index (Phi) is 6.09. The molecule has 5 heteroatoms. The first-order valence-electron chi connectivity index (χ1n) is 5.73. The topological polar surface area (TPSA) is 87.0 Å². The van der Waals surface area contributed by atoms with Crippen LogP contribution < -0.4 is 0 Å². The first-order chi connectivity index (χ1) is 7.70. The van der Waals surface area contributed by atoms with E-state index in [0.717, 1.165) is 0 Å². The summed E-state index contributed by atoms with van der Waals surface area (Å²) in [6.07, 6.45) is -0.472. The Morgan fingerprint density at radius 3 is 1.82 bits per heavy atom. The molecule has 0 aliphatic rings. The van der Waals surface area contributed by atoms with E-state index in [9.17, 15) is 4.79 Å². The van der Waals surface area contributed by atoms with Crippen LogP contribution in [0.25, 0.3) is 0 Å². The van der Waals surface area contributed by atoms with E-state index in [2.05, 4.69) is 0 Å². The fraction of sp³-hybridized carbons (Fsp3) is 0.917. The summed E-state index contributed by atoms with van der Waals surface area (Å²) in [5.74, 6) is -0.524. The minimum Gasteiger partial charge on any atom is -0.462 e. The zero-order chi connectivity index (χ0) is 13.7. The highest BCUT2D eigenvalue weighted by atomic mass is 16.5. The van der Waals surface area contributed by atoms with Crippen LogP contribution in [0.4, 0.5) is 0 Å². The predicted octanol–water partition coefficient (Wildman–Crippen LogP) is 0.318. The molecule has 0 bridgehead atoms. The number of carbonyl (C=O) groups excluding carboxylic acids is 1. The second kappa shape index (κ2) is 6.33.